The van der Waals surface area contributed by atoms with Crippen LogP contribution in [0.5, 0.6) is 5.75 Å². The minimum absolute atomic E-state index is 0.0976. The summed E-state index contributed by atoms with van der Waals surface area (Å²) in [6.07, 6.45) is 5.90. The number of halogens is 2. The lowest BCUT2D eigenvalue weighted by atomic mass is 10.2. The van der Waals surface area contributed by atoms with Gasteiger partial charge in [-0.05, 0) is 18.6 Å². The Morgan fingerprint density at radius 3 is 2.90 bits per heavy atom. The average molecular weight is 295 g/mol. The van der Waals surface area contributed by atoms with Crippen molar-refractivity contribution in [3.63, 3.8) is 0 Å². The molecule has 0 aliphatic carbocycles. The third kappa shape index (κ3) is 4.55. The molecule has 112 valence electrons. The molecule has 2 rings (SSSR count). The zero-order chi connectivity index (χ0) is 15.1. The Labute approximate surface area is 120 Å². The number of hydrogen-bond donors (Lipinski definition) is 1. The number of benzene rings is 1. The van der Waals surface area contributed by atoms with Crippen molar-refractivity contribution in [2.24, 2.45) is 0 Å². The number of nitrogens with zero attached hydrogens (tertiary/aromatic N) is 2. The number of rotatable bonds is 7. The molecule has 7 heteroatoms. The van der Waals surface area contributed by atoms with Crippen LogP contribution in [0.4, 0.5) is 8.78 Å². The third-order valence-electron chi connectivity index (χ3n) is 2.79. The van der Waals surface area contributed by atoms with Crippen LogP contribution in [0.15, 0.2) is 43.0 Å². The van der Waals surface area contributed by atoms with Gasteiger partial charge in [-0.25, -0.2) is 4.98 Å². The lowest BCUT2D eigenvalue weighted by Crippen LogP contribution is -2.26. The first-order chi connectivity index (χ1) is 10.2. The van der Waals surface area contributed by atoms with E-state index in [4.69, 9.17) is 0 Å². The maximum Gasteiger partial charge on any atom is 0.387 e. The van der Waals surface area contributed by atoms with Crippen molar-refractivity contribution in [2.75, 3.05) is 6.54 Å². The first-order valence-corrected chi connectivity index (χ1v) is 6.44. The van der Waals surface area contributed by atoms with Crippen molar-refractivity contribution in [2.45, 2.75) is 19.6 Å². The van der Waals surface area contributed by atoms with Gasteiger partial charge in [0.1, 0.15) is 5.75 Å². The Bertz CT molecular complexity index is 573. The maximum atomic E-state index is 12.3. The van der Waals surface area contributed by atoms with Crippen LogP contribution >= 0.6 is 0 Å². The first kappa shape index (κ1) is 15.0. The van der Waals surface area contributed by atoms with E-state index in [0.717, 1.165) is 6.54 Å². The van der Waals surface area contributed by atoms with Crippen molar-refractivity contribution in [3.05, 3.63) is 48.5 Å². The number of aromatic nitrogens is 2. The number of imidazole rings is 1. The Morgan fingerprint density at radius 2 is 2.19 bits per heavy atom. The molecule has 0 atom stereocenters. The van der Waals surface area contributed by atoms with Gasteiger partial charge in [0.2, 0.25) is 0 Å². The van der Waals surface area contributed by atoms with E-state index >= 15 is 0 Å². The molecule has 1 aromatic heterocycles. The molecule has 0 bridgehead atoms. The zero-order valence-corrected chi connectivity index (χ0v) is 11.2. The summed E-state index contributed by atoms with van der Waals surface area (Å²) in [7, 11) is 0. The van der Waals surface area contributed by atoms with Gasteiger partial charge < -0.3 is 14.6 Å². The lowest BCUT2D eigenvalue weighted by Gasteiger charge is -2.10. The zero-order valence-electron chi connectivity index (χ0n) is 11.2. The van der Waals surface area contributed by atoms with Gasteiger partial charge in [-0.2, -0.15) is 8.78 Å². The normalized spacial score (nSPS) is 10.6. The summed E-state index contributed by atoms with van der Waals surface area (Å²) in [6, 6.07) is 5.92. The van der Waals surface area contributed by atoms with E-state index in [1.807, 2.05) is 10.8 Å². The van der Waals surface area contributed by atoms with Gasteiger partial charge in [0, 0.05) is 25.5 Å². The number of nitrogens with one attached hydrogen (secondary N) is 1. The van der Waals surface area contributed by atoms with Crippen LogP contribution in [0.3, 0.4) is 0 Å². The molecule has 21 heavy (non-hydrogen) atoms. The van der Waals surface area contributed by atoms with Crippen LogP contribution in [-0.2, 0) is 6.54 Å². The van der Waals surface area contributed by atoms with Gasteiger partial charge in [0.25, 0.3) is 5.91 Å². The molecular formula is C14H15F2N3O2. The highest BCUT2D eigenvalue weighted by Gasteiger charge is 2.14. The van der Waals surface area contributed by atoms with Crippen LogP contribution in [0, 0.1) is 0 Å². The van der Waals surface area contributed by atoms with Gasteiger partial charge in [-0.1, -0.05) is 12.1 Å². The second kappa shape index (κ2) is 7.37. The van der Waals surface area contributed by atoms with E-state index in [1.165, 1.54) is 18.2 Å². The quantitative estimate of drug-likeness (QED) is 0.797. The number of hydrogen-bond acceptors (Lipinski definition) is 3. The average Bonchev–Trinajstić information content (AvgIpc) is 2.96. The molecule has 1 amide bonds. The lowest BCUT2D eigenvalue weighted by molar-refractivity contribution is -0.0501. The maximum absolute atomic E-state index is 12.3. The summed E-state index contributed by atoms with van der Waals surface area (Å²) >= 11 is 0. The summed E-state index contributed by atoms with van der Waals surface area (Å²) in [5, 5.41) is 2.68. The number of para-hydroxylation sites is 1. The molecular weight excluding hydrogens is 280 g/mol. The summed E-state index contributed by atoms with van der Waals surface area (Å²) in [4.78, 5) is 15.9. The number of carbonyl (C=O) groups excluding carboxylic acids is 1. The highest BCUT2D eigenvalue weighted by atomic mass is 19.3. The van der Waals surface area contributed by atoms with Crippen molar-refractivity contribution in [3.8, 4) is 5.75 Å². The number of ether oxygens (including phenoxy) is 1. The minimum Gasteiger partial charge on any atom is -0.434 e. The number of carbonyl (C=O) groups is 1. The standard InChI is InChI=1S/C14H15F2N3O2/c15-14(16)21-12-5-2-1-4-11(12)13(20)18-6-3-8-19-9-7-17-10-19/h1-2,4-5,7,9-10,14H,3,6,8H2,(H,18,20). The molecule has 0 spiro atoms. The van der Waals surface area contributed by atoms with Crippen molar-refractivity contribution in [1.82, 2.24) is 14.9 Å². The monoisotopic (exact) mass is 295 g/mol. The van der Waals surface area contributed by atoms with Crippen molar-refractivity contribution < 1.29 is 18.3 Å². The molecule has 2 aromatic rings. The third-order valence-corrected chi connectivity index (χ3v) is 2.79. The SMILES string of the molecule is O=C(NCCCn1ccnc1)c1ccccc1OC(F)F. The molecule has 1 N–H and O–H groups in total. The number of aryl methyl sites for hydroxylation is 1. The van der Waals surface area contributed by atoms with E-state index in [2.05, 4.69) is 15.0 Å². The highest BCUT2D eigenvalue weighted by Crippen LogP contribution is 2.19. The van der Waals surface area contributed by atoms with Gasteiger partial charge in [-0.3, -0.25) is 4.79 Å². The van der Waals surface area contributed by atoms with Gasteiger partial charge in [0.15, 0.2) is 0 Å². The molecule has 0 saturated heterocycles. The largest absolute Gasteiger partial charge is 0.434 e. The first-order valence-electron chi connectivity index (χ1n) is 6.44. The topological polar surface area (TPSA) is 56.2 Å². The summed E-state index contributed by atoms with van der Waals surface area (Å²) in [5.74, 6) is -0.559. The fourth-order valence-corrected chi connectivity index (χ4v) is 1.83. The smallest absolute Gasteiger partial charge is 0.387 e. The molecule has 1 heterocycles. The molecule has 0 aliphatic rings. The molecule has 0 radical (unpaired) electrons. The van der Waals surface area contributed by atoms with Crippen LogP contribution in [-0.4, -0.2) is 28.6 Å². The molecule has 0 unspecified atom stereocenters. The minimum atomic E-state index is -2.96. The van der Waals surface area contributed by atoms with Crippen LogP contribution < -0.4 is 10.1 Å². The fourth-order valence-electron chi connectivity index (χ4n) is 1.83. The fraction of sp³-hybridized carbons (Fsp3) is 0.286. The number of amides is 1. The van der Waals surface area contributed by atoms with Crippen molar-refractivity contribution in [1.29, 1.82) is 0 Å². The molecule has 0 aliphatic heterocycles. The second-order valence-corrected chi connectivity index (χ2v) is 4.28. The predicted molar refractivity (Wildman–Crippen MR) is 72.3 cm³/mol. The molecule has 1 aromatic carbocycles. The Balaban J connectivity index is 1.85. The predicted octanol–water partition coefficient (Wildman–Crippen LogP) is 2.30. The Morgan fingerprint density at radius 1 is 1.38 bits per heavy atom. The number of alkyl halides is 2. The van der Waals surface area contributed by atoms with E-state index < -0.39 is 12.5 Å². The van der Waals surface area contributed by atoms with E-state index in [9.17, 15) is 13.6 Å². The molecule has 0 saturated carbocycles. The van der Waals surface area contributed by atoms with Crippen LogP contribution in [0.2, 0.25) is 0 Å². The summed E-state index contributed by atoms with van der Waals surface area (Å²) in [6.45, 7) is -1.81. The van der Waals surface area contributed by atoms with E-state index in [-0.39, 0.29) is 11.3 Å². The second-order valence-electron chi connectivity index (χ2n) is 4.28. The molecule has 5 nitrogen and oxygen atoms in total. The van der Waals surface area contributed by atoms with E-state index in [1.54, 1.807) is 18.6 Å². The van der Waals surface area contributed by atoms with Crippen LogP contribution in [0.25, 0.3) is 0 Å². The summed E-state index contributed by atoms with van der Waals surface area (Å²) in [5.41, 5.74) is 0.0976. The van der Waals surface area contributed by atoms with Gasteiger partial charge in [-0.15, -0.1) is 0 Å². The molecule has 0 fully saturated rings. The van der Waals surface area contributed by atoms with Gasteiger partial charge in [0.05, 0.1) is 11.9 Å². The Kier molecular flexibility index (Phi) is 5.25. The van der Waals surface area contributed by atoms with Crippen molar-refractivity contribution >= 4 is 5.91 Å². The Hall–Kier alpha value is -2.44. The summed E-state index contributed by atoms with van der Waals surface area (Å²) < 4.78 is 30.7. The van der Waals surface area contributed by atoms with E-state index in [0.29, 0.717) is 13.0 Å². The van der Waals surface area contributed by atoms with Crippen LogP contribution in [0.1, 0.15) is 16.8 Å². The van der Waals surface area contributed by atoms with Gasteiger partial charge >= 0.3 is 6.61 Å². The highest BCUT2D eigenvalue weighted by molar-refractivity contribution is 5.96.